The summed E-state index contributed by atoms with van der Waals surface area (Å²) in [5.74, 6) is -0.0271. The summed E-state index contributed by atoms with van der Waals surface area (Å²) in [5.41, 5.74) is 2.92. The molecule has 0 aliphatic carbocycles. The highest BCUT2D eigenvalue weighted by Gasteiger charge is 2.33. The van der Waals surface area contributed by atoms with Gasteiger partial charge in [-0.05, 0) is 46.8 Å². The molecule has 2 aromatic heterocycles. The maximum atomic E-state index is 13.0. The van der Waals surface area contributed by atoms with Gasteiger partial charge in [-0.3, -0.25) is 9.78 Å². The van der Waals surface area contributed by atoms with Crippen LogP contribution >= 0.6 is 22.9 Å². The number of halogens is 1. The molecule has 1 unspecified atom stereocenters. The van der Waals surface area contributed by atoms with E-state index in [0.717, 1.165) is 21.7 Å². The van der Waals surface area contributed by atoms with E-state index in [1.165, 1.54) is 0 Å². The van der Waals surface area contributed by atoms with Crippen molar-refractivity contribution in [1.82, 2.24) is 9.99 Å². The first-order valence-corrected chi connectivity index (χ1v) is 9.54. The van der Waals surface area contributed by atoms with Crippen LogP contribution in [-0.2, 0) is 11.2 Å². The van der Waals surface area contributed by atoms with E-state index in [1.807, 2.05) is 41.8 Å². The summed E-state index contributed by atoms with van der Waals surface area (Å²) in [6.45, 7) is 0. The minimum Gasteiger partial charge on any atom is -0.273 e. The number of carbonyl (C=O) groups excluding carboxylic acids is 1. The zero-order chi connectivity index (χ0) is 17.9. The molecule has 0 N–H and O–H groups in total. The highest BCUT2D eigenvalue weighted by Crippen LogP contribution is 2.34. The molecule has 3 aromatic rings. The van der Waals surface area contributed by atoms with E-state index in [2.05, 4.69) is 10.1 Å². The van der Waals surface area contributed by atoms with Gasteiger partial charge in [-0.1, -0.05) is 29.8 Å². The number of hydrogen-bond acceptors (Lipinski definition) is 4. The monoisotopic (exact) mass is 381 g/mol. The quantitative estimate of drug-likeness (QED) is 0.656. The van der Waals surface area contributed by atoms with E-state index in [-0.39, 0.29) is 11.9 Å². The third-order valence-electron chi connectivity index (χ3n) is 4.33. The van der Waals surface area contributed by atoms with Gasteiger partial charge >= 0.3 is 0 Å². The van der Waals surface area contributed by atoms with E-state index >= 15 is 0 Å². The first-order valence-electron chi connectivity index (χ1n) is 8.28. The second kappa shape index (κ2) is 7.40. The van der Waals surface area contributed by atoms with Gasteiger partial charge in [-0.25, -0.2) is 5.01 Å². The van der Waals surface area contributed by atoms with Crippen molar-refractivity contribution in [2.45, 2.75) is 18.9 Å². The molecule has 1 aliphatic heterocycles. The Bertz CT molecular complexity index is 923. The molecule has 0 spiro atoms. The Morgan fingerprint density at radius 2 is 1.92 bits per heavy atom. The third-order valence-corrected chi connectivity index (χ3v) is 5.50. The predicted molar refractivity (Wildman–Crippen MR) is 104 cm³/mol. The number of thiophene rings is 1. The molecule has 1 amide bonds. The first-order chi connectivity index (χ1) is 12.7. The summed E-state index contributed by atoms with van der Waals surface area (Å²) in [4.78, 5) is 18.2. The van der Waals surface area contributed by atoms with Gasteiger partial charge < -0.3 is 0 Å². The van der Waals surface area contributed by atoms with Crippen LogP contribution in [0.3, 0.4) is 0 Å². The van der Waals surface area contributed by atoms with Crippen LogP contribution in [0, 0.1) is 0 Å². The van der Waals surface area contributed by atoms with Gasteiger partial charge in [-0.2, -0.15) is 5.10 Å². The normalized spacial score (nSPS) is 16.6. The van der Waals surface area contributed by atoms with E-state index < -0.39 is 0 Å². The second-order valence-electron chi connectivity index (χ2n) is 6.07. The Morgan fingerprint density at radius 1 is 1.15 bits per heavy atom. The molecule has 1 aromatic carbocycles. The Morgan fingerprint density at radius 3 is 2.62 bits per heavy atom. The summed E-state index contributed by atoms with van der Waals surface area (Å²) in [6.07, 6.45) is 4.50. The minimum absolute atomic E-state index is 0.0271. The number of hydrogen-bond donors (Lipinski definition) is 0. The van der Waals surface area contributed by atoms with Crippen LogP contribution in [0.4, 0.5) is 0 Å². The van der Waals surface area contributed by atoms with Gasteiger partial charge in [0.25, 0.3) is 0 Å². The highest BCUT2D eigenvalue weighted by atomic mass is 35.5. The van der Waals surface area contributed by atoms with Gasteiger partial charge in [0.15, 0.2) is 0 Å². The second-order valence-corrected chi connectivity index (χ2v) is 7.45. The number of amides is 1. The molecule has 0 radical (unpaired) electrons. The van der Waals surface area contributed by atoms with E-state index in [1.54, 1.807) is 40.9 Å². The maximum Gasteiger partial charge on any atom is 0.247 e. The van der Waals surface area contributed by atoms with Crippen molar-refractivity contribution in [2.24, 2.45) is 5.10 Å². The summed E-state index contributed by atoms with van der Waals surface area (Å²) in [5, 5.41) is 8.98. The van der Waals surface area contributed by atoms with Crippen LogP contribution < -0.4 is 0 Å². The predicted octanol–water partition coefficient (Wildman–Crippen LogP) is 4.72. The van der Waals surface area contributed by atoms with Crippen molar-refractivity contribution in [1.29, 1.82) is 0 Å². The van der Waals surface area contributed by atoms with Crippen LogP contribution in [0.2, 0.25) is 5.02 Å². The summed E-state index contributed by atoms with van der Waals surface area (Å²) in [7, 11) is 0. The first kappa shape index (κ1) is 16.9. The fourth-order valence-corrected chi connectivity index (χ4v) is 3.88. The third kappa shape index (κ3) is 3.54. The molecule has 0 bridgehead atoms. The Kier molecular flexibility index (Phi) is 4.82. The molecule has 4 rings (SSSR count). The Labute approximate surface area is 160 Å². The molecule has 4 nitrogen and oxygen atoms in total. The largest absolute Gasteiger partial charge is 0.273 e. The number of pyridine rings is 1. The summed E-state index contributed by atoms with van der Waals surface area (Å²) in [6, 6.07) is 15.2. The molecule has 1 atom stereocenters. The SMILES string of the molecule is O=C(Cc1ccc(Cl)cc1)N1N=C(c2cccs2)CC1c1ccncc1. The summed E-state index contributed by atoms with van der Waals surface area (Å²) >= 11 is 7.57. The molecule has 3 heterocycles. The Hall–Kier alpha value is -2.50. The number of rotatable bonds is 4. The molecule has 26 heavy (non-hydrogen) atoms. The topological polar surface area (TPSA) is 45.6 Å². The zero-order valence-corrected chi connectivity index (χ0v) is 15.5. The number of nitrogens with zero attached hydrogens (tertiary/aromatic N) is 3. The van der Waals surface area contributed by atoms with Crippen molar-refractivity contribution < 1.29 is 4.79 Å². The zero-order valence-electron chi connectivity index (χ0n) is 13.9. The molecule has 1 aliphatic rings. The molecule has 0 fully saturated rings. The number of benzene rings is 1. The van der Waals surface area contributed by atoms with Gasteiger partial charge in [0.1, 0.15) is 0 Å². The number of hydrazone groups is 1. The molecule has 130 valence electrons. The van der Waals surface area contributed by atoms with Gasteiger partial charge in [0.2, 0.25) is 5.91 Å². The van der Waals surface area contributed by atoms with Crippen molar-refractivity contribution in [2.75, 3.05) is 0 Å². The Balaban J connectivity index is 1.62. The summed E-state index contributed by atoms with van der Waals surface area (Å²) < 4.78 is 0. The average Bonchev–Trinajstić information content (AvgIpc) is 3.34. The number of carbonyl (C=O) groups is 1. The fraction of sp³-hybridized carbons (Fsp3) is 0.150. The van der Waals surface area contributed by atoms with E-state index in [0.29, 0.717) is 17.9 Å². The lowest BCUT2D eigenvalue weighted by Gasteiger charge is -2.22. The van der Waals surface area contributed by atoms with Crippen molar-refractivity contribution in [3.05, 3.63) is 87.3 Å². The molecule has 6 heteroatoms. The van der Waals surface area contributed by atoms with E-state index in [4.69, 9.17) is 11.6 Å². The van der Waals surface area contributed by atoms with Gasteiger partial charge in [0.05, 0.1) is 23.1 Å². The van der Waals surface area contributed by atoms with Gasteiger partial charge in [0, 0.05) is 23.8 Å². The molecular weight excluding hydrogens is 366 g/mol. The fourth-order valence-electron chi connectivity index (χ4n) is 3.03. The highest BCUT2D eigenvalue weighted by molar-refractivity contribution is 7.12. The van der Waals surface area contributed by atoms with Crippen molar-refractivity contribution in [3.63, 3.8) is 0 Å². The molecular formula is C20H16ClN3OS. The van der Waals surface area contributed by atoms with Crippen molar-refractivity contribution >= 4 is 34.6 Å². The lowest BCUT2D eigenvalue weighted by Crippen LogP contribution is -2.28. The van der Waals surface area contributed by atoms with Crippen LogP contribution in [-0.4, -0.2) is 21.6 Å². The molecule has 0 saturated carbocycles. The smallest absolute Gasteiger partial charge is 0.247 e. The number of aromatic nitrogens is 1. The molecule has 0 saturated heterocycles. The van der Waals surface area contributed by atoms with Crippen molar-refractivity contribution in [3.8, 4) is 0 Å². The lowest BCUT2D eigenvalue weighted by atomic mass is 10.0. The van der Waals surface area contributed by atoms with Crippen LogP contribution in [0.25, 0.3) is 0 Å². The maximum absolute atomic E-state index is 13.0. The van der Waals surface area contributed by atoms with E-state index in [9.17, 15) is 4.79 Å². The van der Waals surface area contributed by atoms with Crippen LogP contribution in [0.5, 0.6) is 0 Å². The standard InChI is InChI=1S/C20H16ClN3OS/c21-16-5-3-14(4-6-16)12-20(25)24-18(15-7-9-22-10-8-15)13-17(23-24)19-2-1-11-26-19/h1-11,18H,12-13H2. The lowest BCUT2D eigenvalue weighted by molar-refractivity contribution is -0.132. The van der Waals surface area contributed by atoms with Crippen LogP contribution in [0.1, 0.15) is 28.5 Å². The van der Waals surface area contributed by atoms with Crippen LogP contribution in [0.15, 0.2) is 71.4 Å². The minimum atomic E-state index is -0.102. The average molecular weight is 382 g/mol. The van der Waals surface area contributed by atoms with Gasteiger partial charge in [-0.15, -0.1) is 11.3 Å².